The highest BCUT2D eigenvalue weighted by atomic mass is 32.1. The van der Waals surface area contributed by atoms with Gasteiger partial charge in [0, 0.05) is 12.1 Å². The van der Waals surface area contributed by atoms with Crippen molar-refractivity contribution in [2.24, 2.45) is 5.92 Å². The number of carbonyl (C=O) groups excluding carboxylic acids is 1. The van der Waals surface area contributed by atoms with Crippen molar-refractivity contribution >= 4 is 32.6 Å². The van der Waals surface area contributed by atoms with Gasteiger partial charge in [-0.3, -0.25) is 4.79 Å². The molecule has 0 bridgehead atoms. The summed E-state index contributed by atoms with van der Waals surface area (Å²) < 4.78 is 6.26. The van der Waals surface area contributed by atoms with Gasteiger partial charge in [-0.2, -0.15) is 10.2 Å². The van der Waals surface area contributed by atoms with E-state index < -0.39 is 0 Å². The minimum Gasteiger partial charge on any atom is -0.361 e. The van der Waals surface area contributed by atoms with E-state index in [0.717, 1.165) is 56.2 Å². The second-order valence-electron chi connectivity index (χ2n) is 6.75. The monoisotopic (exact) mass is 381 g/mol. The summed E-state index contributed by atoms with van der Waals surface area (Å²) in [4.78, 5) is 18.4. The molecule has 1 fully saturated rings. The van der Waals surface area contributed by atoms with E-state index in [0.29, 0.717) is 11.7 Å². The molecule has 1 unspecified atom stereocenters. The number of aryl methyl sites for hydroxylation is 3. The maximum absolute atomic E-state index is 12.7. The third-order valence-electron chi connectivity index (χ3n) is 5.02. The topological polar surface area (TPSA) is 95.1 Å². The largest absolute Gasteiger partial charge is 0.361 e. The molecule has 3 aromatic rings. The van der Waals surface area contributed by atoms with Gasteiger partial charge in [0.1, 0.15) is 5.76 Å². The smallest absolute Gasteiger partial charge is 0.246 e. The summed E-state index contributed by atoms with van der Waals surface area (Å²) in [7, 11) is 0. The second kappa shape index (κ2) is 6.76. The van der Waals surface area contributed by atoms with Crippen LogP contribution in [0.25, 0.3) is 21.3 Å². The van der Waals surface area contributed by atoms with E-state index in [1.54, 1.807) is 0 Å². The molecule has 0 aliphatic carbocycles. The Hall–Kier alpha value is -2.76. The van der Waals surface area contributed by atoms with E-state index >= 15 is 0 Å². The summed E-state index contributed by atoms with van der Waals surface area (Å²) in [6.07, 6.45) is 2.76. The van der Waals surface area contributed by atoms with Gasteiger partial charge in [0.25, 0.3) is 0 Å². The zero-order valence-electron chi connectivity index (χ0n) is 15.4. The highest BCUT2D eigenvalue weighted by Crippen LogP contribution is 2.38. The van der Waals surface area contributed by atoms with Crippen molar-refractivity contribution < 1.29 is 9.32 Å². The number of anilines is 1. The zero-order chi connectivity index (χ0) is 19.1. The first-order valence-corrected chi connectivity index (χ1v) is 9.60. The number of amides is 1. The molecule has 1 amide bonds. The number of nitrogens with zero attached hydrogens (tertiary/aromatic N) is 4. The Labute approximate surface area is 160 Å². The molecule has 1 aliphatic heterocycles. The number of thiazole rings is 1. The lowest BCUT2D eigenvalue weighted by atomic mass is 9.99. The first-order chi connectivity index (χ1) is 13.0. The van der Waals surface area contributed by atoms with Gasteiger partial charge >= 0.3 is 0 Å². The van der Waals surface area contributed by atoms with Crippen LogP contribution in [0.3, 0.4) is 0 Å². The van der Waals surface area contributed by atoms with E-state index in [2.05, 4.69) is 15.5 Å². The van der Waals surface area contributed by atoms with Crippen LogP contribution < -0.4 is 10.2 Å². The van der Waals surface area contributed by atoms with Crippen LogP contribution in [0.5, 0.6) is 0 Å². The first kappa shape index (κ1) is 17.6. The van der Waals surface area contributed by atoms with Crippen molar-refractivity contribution in [3.8, 4) is 17.3 Å². The van der Waals surface area contributed by atoms with Gasteiger partial charge in [0.05, 0.1) is 21.8 Å². The number of aromatic nitrogens is 2. The standard InChI is InChI=1S/C19H19N5O2S/c1-10-14(16-11(2)23-26-12(16)3)4-5-15-17(10)27-19(22-15)24(9-20)18(25)13-6-7-21-8-13/h4-5,13,21H,6-8H2,1-3H3. The normalized spacial score (nSPS) is 16.6. The molecule has 138 valence electrons. The van der Waals surface area contributed by atoms with Gasteiger partial charge in [-0.25, -0.2) is 4.98 Å². The Morgan fingerprint density at radius 1 is 1.41 bits per heavy atom. The molecule has 1 saturated heterocycles. The number of nitrogens with one attached hydrogen (secondary N) is 1. The summed E-state index contributed by atoms with van der Waals surface area (Å²) in [6, 6.07) is 3.91. The summed E-state index contributed by atoms with van der Waals surface area (Å²) in [5.41, 5.74) is 4.67. The molecule has 0 saturated carbocycles. The average Bonchev–Trinajstić information content (AvgIpc) is 3.38. The van der Waals surface area contributed by atoms with Gasteiger partial charge in [-0.15, -0.1) is 0 Å². The predicted octanol–water partition coefficient (Wildman–Crippen LogP) is 3.30. The van der Waals surface area contributed by atoms with E-state index in [1.165, 1.54) is 11.3 Å². The molecule has 1 atom stereocenters. The Kier molecular flexibility index (Phi) is 4.42. The number of fused-ring (bicyclic) bond motifs is 1. The molecule has 7 nitrogen and oxygen atoms in total. The molecule has 1 aliphatic rings. The highest BCUT2D eigenvalue weighted by molar-refractivity contribution is 7.22. The van der Waals surface area contributed by atoms with Crippen LogP contribution in [0, 0.1) is 38.1 Å². The lowest BCUT2D eigenvalue weighted by Crippen LogP contribution is -2.33. The minimum atomic E-state index is -0.190. The quantitative estimate of drug-likeness (QED) is 0.552. The summed E-state index contributed by atoms with van der Waals surface area (Å²) >= 11 is 1.37. The van der Waals surface area contributed by atoms with Crippen LogP contribution in [0.15, 0.2) is 16.7 Å². The zero-order valence-corrected chi connectivity index (χ0v) is 16.2. The molecule has 2 aromatic heterocycles. The van der Waals surface area contributed by atoms with E-state index in [1.807, 2.05) is 39.1 Å². The van der Waals surface area contributed by atoms with Crippen LogP contribution in [0.1, 0.15) is 23.4 Å². The van der Waals surface area contributed by atoms with Gasteiger partial charge < -0.3 is 9.84 Å². The summed E-state index contributed by atoms with van der Waals surface area (Å²) in [5, 5.41) is 17.2. The molecule has 4 rings (SSSR count). The first-order valence-electron chi connectivity index (χ1n) is 8.79. The fraction of sp³-hybridized carbons (Fsp3) is 0.368. The van der Waals surface area contributed by atoms with Gasteiger partial charge in [0.15, 0.2) is 6.19 Å². The molecule has 27 heavy (non-hydrogen) atoms. The maximum atomic E-state index is 12.7. The molecule has 0 spiro atoms. The maximum Gasteiger partial charge on any atom is 0.246 e. The molecular formula is C19H19N5O2S. The molecule has 8 heteroatoms. The molecule has 1 aromatic carbocycles. The van der Waals surface area contributed by atoms with Crippen molar-refractivity contribution in [3.05, 3.63) is 29.2 Å². The van der Waals surface area contributed by atoms with Crippen LogP contribution >= 0.6 is 11.3 Å². The summed E-state index contributed by atoms with van der Waals surface area (Å²) in [6.45, 7) is 7.24. The van der Waals surface area contributed by atoms with Gasteiger partial charge in [-0.1, -0.05) is 22.6 Å². The van der Waals surface area contributed by atoms with Crippen LogP contribution in [-0.4, -0.2) is 29.1 Å². The molecular weight excluding hydrogens is 362 g/mol. The highest BCUT2D eigenvalue weighted by Gasteiger charge is 2.30. The Bertz CT molecular complexity index is 1050. The van der Waals surface area contributed by atoms with Crippen LogP contribution in [-0.2, 0) is 4.79 Å². The van der Waals surface area contributed by atoms with Crippen molar-refractivity contribution in [1.29, 1.82) is 5.26 Å². The number of hydrogen-bond donors (Lipinski definition) is 1. The number of rotatable bonds is 3. The fourth-order valence-electron chi connectivity index (χ4n) is 3.58. The van der Waals surface area contributed by atoms with E-state index in [-0.39, 0.29) is 11.8 Å². The second-order valence-corrected chi connectivity index (χ2v) is 7.72. The Morgan fingerprint density at radius 2 is 2.22 bits per heavy atom. The number of hydrogen-bond acceptors (Lipinski definition) is 7. The number of benzene rings is 1. The SMILES string of the molecule is Cc1noc(C)c1-c1ccc2nc(N(C#N)C(=O)C3CCNC3)sc2c1C. The third kappa shape index (κ3) is 2.89. The van der Waals surface area contributed by atoms with Crippen LogP contribution in [0.4, 0.5) is 5.13 Å². The fourth-order valence-corrected chi connectivity index (χ4v) is 4.61. The van der Waals surface area contributed by atoms with Crippen molar-refractivity contribution in [2.75, 3.05) is 18.0 Å². The summed E-state index contributed by atoms with van der Waals surface area (Å²) in [5.74, 6) is 0.406. The van der Waals surface area contributed by atoms with Gasteiger partial charge in [-0.05, 0) is 50.9 Å². The average molecular weight is 381 g/mol. The van der Waals surface area contributed by atoms with E-state index in [9.17, 15) is 10.1 Å². The van der Waals surface area contributed by atoms with Crippen molar-refractivity contribution in [1.82, 2.24) is 15.5 Å². The number of nitriles is 1. The number of carbonyl (C=O) groups is 1. The van der Waals surface area contributed by atoms with Crippen LogP contribution in [0.2, 0.25) is 0 Å². The lowest BCUT2D eigenvalue weighted by molar-refractivity contribution is -0.121. The molecule has 0 radical (unpaired) electrons. The third-order valence-corrected chi connectivity index (χ3v) is 6.19. The van der Waals surface area contributed by atoms with Crippen molar-refractivity contribution in [3.63, 3.8) is 0 Å². The minimum absolute atomic E-state index is 0.171. The van der Waals surface area contributed by atoms with Crippen molar-refractivity contribution in [2.45, 2.75) is 27.2 Å². The predicted molar refractivity (Wildman–Crippen MR) is 103 cm³/mol. The van der Waals surface area contributed by atoms with E-state index in [4.69, 9.17) is 4.52 Å². The molecule has 3 heterocycles. The Morgan fingerprint density at radius 3 is 2.85 bits per heavy atom. The Balaban J connectivity index is 1.77. The molecule has 1 N–H and O–H groups in total. The lowest BCUT2D eigenvalue weighted by Gasteiger charge is -2.14. The van der Waals surface area contributed by atoms with Gasteiger partial charge in [0.2, 0.25) is 11.0 Å².